The van der Waals surface area contributed by atoms with Gasteiger partial charge in [0, 0.05) is 120 Å². The maximum Gasteiger partial charge on any atom is 0.410 e. The van der Waals surface area contributed by atoms with E-state index in [1.165, 1.54) is 19.4 Å². The van der Waals surface area contributed by atoms with E-state index in [0.717, 1.165) is 115 Å². The zero-order chi connectivity index (χ0) is 59.3. The molecule has 2 aromatic heterocycles. The number of halogens is 3. The number of hydrogen-bond acceptors (Lipinski definition) is 16. The molecule has 4 amide bonds. The van der Waals surface area contributed by atoms with E-state index in [4.69, 9.17) is 46.9 Å². The Morgan fingerprint density at radius 3 is 2.18 bits per heavy atom. The fraction of sp³-hybridized carbons (Fsp3) is 0.540. The molecule has 1 N–H and O–H groups in total. The van der Waals surface area contributed by atoms with Crippen molar-refractivity contribution in [2.24, 2.45) is 11.8 Å². The van der Waals surface area contributed by atoms with Gasteiger partial charge in [-0.1, -0.05) is 23.6 Å². The van der Waals surface area contributed by atoms with Gasteiger partial charge in [-0.05, 0) is 126 Å². The van der Waals surface area contributed by atoms with Crippen molar-refractivity contribution in [3.05, 3.63) is 75.9 Å². The number of rotatable bonds is 15. The van der Waals surface area contributed by atoms with E-state index in [-0.39, 0.29) is 84.7 Å². The molecule has 0 spiro atoms. The molecule has 12 rings (SSSR count). The summed E-state index contributed by atoms with van der Waals surface area (Å²) >= 11 is 7.02. The first kappa shape index (κ1) is 58.4. The minimum absolute atomic E-state index is 0.0136. The lowest BCUT2D eigenvalue weighted by molar-refractivity contribution is -0.136. The van der Waals surface area contributed by atoms with Gasteiger partial charge in [0.25, 0.3) is 5.91 Å². The first-order valence-electron chi connectivity index (χ1n) is 30.0. The van der Waals surface area contributed by atoms with Gasteiger partial charge in [0.05, 0.1) is 33.7 Å². The second-order valence-corrected chi connectivity index (χ2v) is 25.2. The molecular weight excluding hydrogens is 1110 g/mol. The maximum absolute atomic E-state index is 17.6. The largest absolute Gasteiger partial charge is 0.468 e. The number of amides is 4. The smallest absolute Gasteiger partial charge is 0.410 e. The van der Waals surface area contributed by atoms with Crippen molar-refractivity contribution >= 4 is 68.6 Å². The summed E-state index contributed by atoms with van der Waals surface area (Å²) < 4.78 is 56.1. The highest BCUT2D eigenvalue weighted by Crippen LogP contribution is 2.43. The van der Waals surface area contributed by atoms with Crippen LogP contribution in [0.15, 0.2) is 42.6 Å². The van der Waals surface area contributed by atoms with E-state index in [9.17, 15) is 19.2 Å². The molecule has 5 aromatic rings. The topological polar surface area (TPSA) is 179 Å². The van der Waals surface area contributed by atoms with E-state index in [2.05, 4.69) is 40.7 Å². The highest BCUT2D eigenvalue weighted by molar-refractivity contribution is 6.35. The third-order valence-corrected chi connectivity index (χ3v) is 18.7. The van der Waals surface area contributed by atoms with Crippen molar-refractivity contribution in [2.75, 3.05) is 115 Å². The van der Waals surface area contributed by atoms with E-state index >= 15 is 8.78 Å². The van der Waals surface area contributed by atoms with Crippen molar-refractivity contribution in [3.63, 3.8) is 0 Å². The lowest BCUT2D eigenvalue weighted by Gasteiger charge is -2.42. The summed E-state index contributed by atoms with van der Waals surface area (Å²) in [7, 11) is 1.49. The molecule has 2 bridgehead atoms. The van der Waals surface area contributed by atoms with Crippen LogP contribution in [0, 0.1) is 35.8 Å². The van der Waals surface area contributed by atoms with Crippen molar-refractivity contribution in [1.82, 2.24) is 44.8 Å². The number of imide groups is 1. The number of carbonyl (C=O) groups excluding carboxylic acids is 4. The van der Waals surface area contributed by atoms with Crippen LogP contribution in [-0.2, 0) is 25.6 Å². The first-order valence-corrected chi connectivity index (χ1v) is 30.4. The summed E-state index contributed by atoms with van der Waals surface area (Å²) in [5, 5.41) is 4.14. The van der Waals surface area contributed by atoms with Gasteiger partial charge in [0.15, 0.2) is 12.6 Å². The van der Waals surface area contributed by atoms with Gasteiger partial charge in [-0.3, -0.25) is 34.5 Å². The fourth-order valence-corrected chi connectivity index (χ4v) is 14.2. The average molecular weight is 1190 g/mol. The first-order chi connectivity index (χ1) is 41.0. The van der Waals surface area contributed by atoms with Gasteiger partial charge in [-0.2, -0.15) is 9.97 Å². The lowest BCUT2D eigenvalue weighted by atomic mass is 9.94. The summed E-state index contributed by atoms with van der Waals surface area (Å²) in [6.45, 7) is 17.5. The lowest BCUT2D eigenvalue weighted by Crippen LogP contribution is -2.57. The molecule has 0 radical (unpaired) electrons. The van der Waals surface area contributed by atoms with Crippen LogP contribution in [0.4, 0.5) is 25.1 Å². The fourth-order valence-electron chi connectivity index (χ4n) is 13.9. The minimum atomic E-state index is -0.761. The molecule has 19 nitrogen and oxygen atoms in total. The summed E-state index contributed by atoms with van der Waals surface area (Å²) in [5.41, 5.74) is 1.63. The molecule has 6 fully saturated rings. The Morgan fingerprint density at radius 1 is 0.824 bits per heavy atom. The predicted molar refractivity (Wildman–Crippen MR) is 318 cm³/mol. The Kier molecular flexibility index (Phi) is 16.8. The van der Waals surface area contributed by atoms with Gasteiger partial charge in [0.2, 0.25) is 11.8 Å². The van der Waals surface area contributed by atoms with Crippen LogP contribution in [0.25, 0.3) is 32.9 Å². The van der Waals surface area contributed by atoms with Crippen molar-refractivity contribution in [2.45, 2.75) is 102 Å². The number of nitrogens with one attached hydrogen (secondary N) is 1. The number of aromatic nitrogens is 3. The Labute approximate surface area is 499 Å². The number of methoxy groups -OCH3 is 1. The number of anilines is 2. The van der Waals surface area contributed by atoms with Crippen LogP contribution >= 0.6 is 11.6 Å². The maximum atomic E-state index is 17.6. The second-order valence-electron chi connectivity index (χ2n) is 24.9. The van der Waals surface area contributed by atoms with Gasteiger partial charge in [-0.15, -0.1) is 6.42 Å². The zero-order valence-electron chi connectivity index (χ0n) is 48.8. The van der Waals surface area contributed by atoms with Gasteiger partial charge in [-0.25, -0.2) is 13.6 Å². The highest BCUT2D eigenvalue weighted by atomic mass is 35.5. The number of piperidine rings is 3. The Hall–Kier alpha value is -6.96. The number of benzene rings is 3. The average Bonchev–Trinajstić information content (AvgIpc) is 2.08. The quantitative estimate of drug-likeness (QED) is 0.0612. The molecule has 3 aromatic carbocycles. The molecule has 7 aliphatic rings. The SMILES string of the molecule is C#Cc1c(F)ccc2cc(OCOC)cc(-c3ncc4c(N5CC6CCC(C5)N6C(=O)OC(C)(C)C)nc(OCCN5CCC(CN6CCN(CC7CCN(c8ccc9c(c8Cl)CN(C8CCC(=O)NC8=O)C9=O)CC7)CC6)CC5)nc4c3F)c12. The summed E-state index contributed by atoms with van der Waals surface area (Å²) in [6.07, 6.45) is 13.4. The van der Waals surface area contributed by atoms with Crippen LogP contribution < -0.4 is 24.6 Å². The Bertz CT molecular complexity index is 3430. The number of hydrogen-bond donors (Lipinski definition) is 1. The standard InChI is InChI=1S/C63H74ClF2N11O8/c1-6-44-49(65)11-7-40-29-43(84-37-82-5)30-46(53(40)44)56-55(66)57-47(31-67-56)58(75-34-41-8-9-42(35-75)77(41)62(81)85-63(2,3)4)70-61(69-57)83-28-27-71-19-15-38(16-20-71)32-72-23-25-73(26-24-72)33-39-17-21-74(22-18-39)50-12-10-45-48(54(50)64)36-76(60(45)80)51-13-14-52(78)68-59(51)79/h1,7,10-12,29-31,38-39,41-42,51H,8-9,13-28,32-37H2,2-5H3,(H,68,78,79). The number of ether oxygens (including phenoxy) is 4. The van der Waals surface area contributed by atoms with Crippen LogP contribution in [0.1, 0.15) is 93.6 Å². The number of terminal acetylenes is 1. The summed E-state index contributed by atoms with van der Waals surface area (Å²) in [5.74, 6) is 2.10. The van der Waals surface area contributed by atoms with E-state index in [0.29, 0.717) is 76.2 Å². The molecule has 0 aliphatic carbocycles. The van der Waals surface area contributed by atoms with Crippen LogP contribution in [-0.4, -0.2) is 193 Å². The molecule has 3 atom stereocenters. The second kappa shape index (κ2) is 24.4. The highest BCUT2D eigenvalue weighted by Gasteiger charge is 2.46. The number of fused-ring (bicyclic) bond motifs is 5. The Balaban J connectivity index is 0.653. The number of piperazine rings is 2. The number of likely N-dealkylation sites (tertiary alicyclic amines) is 1. The van der Waals surface area contributed by atoms with Crippen LogP contribution in [0.2, 0.25) is 5.02 Å². The molecule has 22 heteroatoms. The zero-order valence-corrected chi connectivity index (χ0v) is 49.6. The van der Waals surface area contributed by atoms with Gasteiger partial charge >= 0.3 is 12.1 Å². The third-order valence-electron chi connectivity index (χ3n) is 18.2. The summed E-state index contributed by atoms with van der Waals surface area (Å²) in [6, 6.07) is 8.92. The van der Waals surface area contributed by atoms with E-state index in [1.807, 2.05) is 37.8 Å². The van der Waals surface area contributed by atoms with Gasteiger partial charge < -0.3 is 43.4 Å². The molecule has 450 valence electrons. The van der Waals surface area contributed by atoms with Crippen molar-refractivity contribution in [1.29, 1.82) is 0 Å². The van der Waals surface area contributed by atoms with Crippen molar-refractivity contribution < 1.29 is 46.9 Å². The summed E-state index contributed by atoms with van der Waals surface area (Å²) in [4.78, 5) is 81.0. The molecule has 6 saturated heterocycles. The van der Waals surface area contributed by atoms with Crippen molar-refractivity contribution in [3.8, 4) is 35.4 Å². The number of nitrogens with zero attached hydrogens (tertiary/aromatic N) is 10. The van der Waals surface area contributed by atoms with Gasteiger partial charge in [0.1, 0.15) is 46.8 Å². The minimum Gasteiger partial charge on any atom is -0.468 e. The molecular formula is C63H74ClF2N11O8. The molecule has 85 heavy (non-hydrogen) atoms. The predicted octanol–water partition coefficient (Wildman–Crippen LogP) is 7.71. The van der Waals surface area contributed by atoms with E-state index < -0.39 is 29.2 Å². The molecule has 7 aliphatic heterocycles. The van der Waals surface area contributed by atoms with Crippen LogP contribution in [0.3, 0.4) is 0 Å². The molecule has 0 saturated carbocycles. The van der Waals surface area contributed by atoms with E-state index in [1.54, 1.807) is 23.1 Å². The third kappa shape index (κ3) is 12.1. The number of pyridine rings is 1. The molecule has 9 heterocycles. The van der Waals surface area contributed by atoms with Crippen LogP contribution in [0.5, 0.6) is 11.8 Å². The normalized spacial score (nSPS) is 22.1. The number of carbonyl (C=O) groups is 4. The molecule has 3 unspecified atom stereocenters. The monoisotopic (exact) mass is 1190 g/mol. The Morgan fingerprint density at radius 2 is 1.52 bits per heavy atom.